The molecule has 5 aromatic rings. The van der Waals surface area contributed by atoms with Crippen LogP contribution in [0.4, 0.5) is 20.2 Å². The molecular formula is C75H89F2N8O21S4+. The number of pyridine rings is 1. The number of hydrogen-bond donors (Lipinski definition) is 8. The zero-order valence-corrected chi connectivity index (χ0v) is 64.8. The van der Waals surface area contributed by atoms with Gasteiger partial charge in [-0.15, -0.1) is 0 Å². The van der Waals surface area contributed by atoms with Gasteiger partial charge in [-0.2, -0.15) is 38.2 Å². The van der Waals surface area contributed by atoms with Gasteiger partial charge < -0.3 is 45.3 Å². The lowest BCUT2D eigenvalue weighted by atomic mass is 9.81. The summed E-state index contributed by atoms with van der Waals surface area (Å²) in [6, 6.07) is 19.7. The number of carbonyl (C=O) groups is 6. The number of unbranched alkanes of at least 4 members (excludes halogenated alkanes) is 2. The van der Waals surface area contributed by atoms with Gasteiger partial charge in [-0.25, -0.2) is 8.78 Å². The van der Waals surface area contributed by atoms with Gasteiger partial charge in [0.1, 0.15) is 41.6 Å². The lowest BCUT2D eigenvalue weighted by molar-refractivity contribution is -0.438. The normalized spacial score (nSPS) is 17.8. The molecule has 4 heterocycles. The fraction of sp³-hybridized carbons (Fsp3) is 0.413. The number of fused-ring (bicyclic) bond motifs is 2. The van der Waals surface area contributed by atoms with E-state index < -0.39 is 129 Å². The predicted molar refractivity (Wildman–Crippen MR) is 401 cm³/mol. The summed E-state index contributed by atoms with van der Waals surface area (Å²) in [6.45, 7) is 7.88. The molecule has 2 atom stereocenters. The van der Waals surface area contributed by atoms with Crippen LogP contribution in [0.2, 0.25) is 0 Å². The smallest absolute Gasteiger partial charge is 0.294 e. The second-order valence-corrected chi connectivity index (χ2v) is 34.1. The van der Waals surface area contributed by atoms with Crippen LogP contribution in [0.25, 0.3) is 0 Å². The van der Waals surface area contributed by atoms with Crippen molar-refractivity contribution in [3.8, 4) is 17.2 Å². The number of nitrogens with zero attached hydrogens (tertiary/aromatic N) is 4. The van der Waals surface area contributed by atoms with Crippen LogP contribution in [0.3, 0.4) is 0 Å². The van der Waals surface area contributed by atoms with E-state index in [1.54, 1.807) is 42.5 Å². The standard InChI is InChI=1S/C75H88F2N8O21S4/c1-47(72(91)85-46-75(76,77)43-62(85)68(88)71(90)81-44-52-17-22-55(104-6)40-63(52)105-7)82-70(89)51-32-34-78-53(39-51)45-80-67(87)30-29-66(86)79-33-31-48-15-20-54(21-16-48)106-69-49(18-27-64-73(2,3)58-41-56(109(98,99)100)23-25-60(58)83(64)35-8-10-37-107(92,93)94)13-12-14-50(69)19-28-65-74(4,5)59-42-57(110(101,102)103)24-26-61(59)84(65)36-9-11-38-108(95,96)97/h15-28,32,34,39-42,47,62H,8-14,29-31,33,35-38,43-46H2,1-7H3,(H7-,79,80,81,82,86,87,89,90,92,93,94,95,96,97,98,99,100,101,102,103)/p+1/t47-,62+/m1/s1. The quantitative estimate of drug-likeness (QED) is 0.00837. The molecule has 0 bridgehead atoms. The van der Waals surface area contributed by atoms with Crippen molar-refractivity contribution in [2.45, 2.75) is 157 Å². The summed E-state index contributed by atoms with van der Waals surface area (Å²) in [5, 5.41) is 10.3. The number of halogens is 2. The van der Waals surface area contributed by atoms with Crippen LogP contribution in [-0.2, 0) is 94.8 Å². The molecule has 1 saturated heterocycles. The number of Topliss-reactive ketones (excluding diaryl/α,β-unsaturated/α-hetero) is 1. The highest BCUT2D eigenvalue weighted by atomic mass is 32.2. The highest BCUT2D eigenvalue weighted by Crippen LogP contribution is 2.49. The Balaban J connectivity index is 0.853. The number of allylic oxidation sites excluding steroid dienone is 7. The van der Waals surface area contributed by atoms with E-state index in [4.69, 9.17) is 14.2 Å². The van der Waals surface area contributed by atoms with Gasteiger partial charge >= 0.3 is 0 Å². The summed E-state index contributed by atoms with van der Waals surface area (Å²) >= 11 is 0. The number of benzene rings is 4. The molecule has 0 spiro atoms. The molecule has 9 rings (SSSR count). The highest BCUT2D eigenvalue weighted by molar-refractivity contribution is 7.86. The van der Waals surface area contributed by atoms with Gasteiger partial charge in [0, 0.05) is 103 Å². The van der Waals surface area contributed by atoms with Crippen molar-refractivity contribution in [2.24, 2.45) is 0 Å². The summed E-state index contributed by atoms with van der Waals surface area (Å²) in [6.07, 6.45) is 10.1. The number of hydrogen-bond acceptors (Lipinski definition) is 19. The molecule has 1 aliphatic carbocycles. The van der Waals surface area contributed by atoms with Gasteiger partial charge in [0.05, 0.1) is 59.7 Å². The molecule has 5 amide bonds. The van der Waals surface area contributed by atoms with Gasteiger partial charge in [-0.1, -0.05) is 32.1 Å². The molecule has 8 N–H and O–H groups in total. The molecule has 4 aliphatic rings. The van der Waals surface area contributed by atoms with Crippen LogP contribution < -0.4 is 40.4 Å². The summed E-state index contributed by atoms with van der Waals surface area (Å²) in [7, 11) is -15.0. The van der Waals surface area contributed by atoms with Gasteiger partial charge in [-0.3, -0.25) is 52.0 Å². The number of carbonyl (C=O) groups excluding carboxylic acids is 6. The maximum atomic E-state index is 14.9. The molecule has 0 saturated carbocycles. The minimum Gasteiger partial charge on any atom is -0.497 e. The molecule has 592 valence electrons. The monoisotopic (exact) mass is 1600 g/mol. The molecule has 0 radical (unpaired) electrons. The van der Waals surface area contributed by atoms with Crippen molar-refractivity contribution in [2.75, 3.05) is 56.8 Å². The molecule has 1 fully saturated rings. The first kappa shape index (κ1) is 84.4. The van der Waals surface area contributed by atoms with Crippen LogP contribution in [0.15, 0.2) is 154 Å². The molecule has 29 nitrogen and oxygen atoms in total. The van der Waals surface area contributed by atoms with Crippen molar-refractivity contribution >= 4 is 92.9 Å². The van der Waals surface area contributed by atoms with E-state index in [0.29, 0.717) is 106 Å². The number of aromatic nitrogens is 1. The Kier molecular flexibility index (Phi) is 26.7. The Morgan fingerprint density at radius 2 is 1.35 bits per heavy atom. The number of methoxy groups -OCH3 is 2. The SMILES string of the molecule is COc1ccc(CNC(=O)C(=O)[C@@H]2CC(F)(F)CN2C(=O)[C@@H](C)NC(=O)c2ccnc(CNC(=O)CCC(=O)NCCc3ccc(OC4=C(/C=C/C5=[N+](CCCCS(=O)(=O)O)c6ccc(S(=O)(=O)O)cc6C5(C)C)CCC/C4=C\C=C4\N(CCCCS(=O)(=O)O)c5ccc(S(=O)(=O)O)cc5C4(C)C)cc3)c2)c(OC)c1. The van der Waals surface area contributed by atoms with Crippen molar-refractivity contribution in [3.63, 3.8) is 0 Å². The van der Waals surface area contributed by atoms with Crippen LogP contribution in [0, 0.1) is 0 Å². The van der Waals surface area contributed by atoms with E-state index in [9.17, 15) is 89.4 Å². The van der Waals surface area contributed by atoms with E-state index in [2.05, 4.69) is 26.3 Å². The maximum absolute atomic E-state index is 14.9. The molecule has 0 unspecified atom stereocenters. The van der Waals surface area contributed by atoms with E-state index in [1.165, 1.54) is 63.7 Å². The second kappa shape index (κ2) is 34.7. The molecular weight excluding hydrogens is 1520 g/mol. The zero-order chi connectivity index (χ0) is 80.5. The summed E-state index contributed by atoms with van der Waals surface area (Å²) in [5.74, 6) is -8.14. The Hall–Kier alpha value is -9.62. The van der Waals surface area contributed by atoms with Crippen LogP contribution in [0.1, 0.15) is 137 Å². The summed E-state index contributed by atoms with van der Waals surface area (Å²) < 4.78 is 185. The predicted octanol–water partition coefficient (Wildman–Crippen LogP) is 7.98. The minimum atomic E-state index is -4.63. The number of nitrogens with one attached hydrogen (secondary N) is 4. The lowest BCUT2D eigenvalue weighted by Gasteiger charge is -2.27. The van der Waals surface area contributed by atoms with Gasteiger partial charge in [-0.05, 0) is 167 Å². The fourth-order valence-electron chi connectivity index (χ4n) is 13.7. The van der Waals surface area contributed by atoms with Gasteiger partial charge in [0.25, 0.3) is 58.2 Å². The number of likely N-dealkylation sites (tertiary alicyclic amines) is 1. The van der Waals surface area contributed by atoms with Crippen LogP contribution in [-0.4, -0.2) is 177 Å². The van der Waals surface area contributed by atoms with Crippen LogP contribution >= 0.6 is 0 Å². The molecule has 3 aliphatic heterocycles. The Morgan fingerprint density at radius 1 is 0.700 bits per heavy atom. The Morgan fingerprint density at radius 3 is 2.00 bits per heavy atom. The minimum absolute atomic E-state index is 0.0158. The Bertz CT molecular complexity index is 5060. The average molecular weight is 1600 g/mol. The third-order valence-electron chi connectivity index (χ3n) is 19.5. The first-order valence-corrected chi connectivity index (χ1v) is 41.3. The summed E-state index contributed by atoms with van der Waals surface area (Å²) in [5.41, 5.74) is 4.83. The largest absolute Gasteiger partial charge is 0.497 e. The number of anilines is 1. The van der Waals surface area contributed by atoms with Crippen molar-refractivity contribution in [3.05, 3.63) is 178 Å². The van der Waals surface area contributed by atoms with Gasteiger partial charge in [0.15, 0.2) is 5.71 Å². The third kappa shape index (κ3) is 21.5. The van der Waals surface area contributed by atoms with Crippen molar-refractivity contribution in [1.82, 2.24) is 31.2 Å². The van der Waals surface area contributed by atoms with Crippen molar-refractivity contribution in [1.29, 1.82) is 0 Å². The maximum Gasteiger partial charge on any atom is 0.294 e. The number of ketones is 1. The van der Waals surface area contributed by atoms with Crippen molar-refractivity contribution < 1.29 is 108 Å². The van der Waals surface area contributed by atoms with E-state index in [1.807, 2.05) is 73.6 Å². The van der Waals surface area contributed by atoms with Gasteiger partial charge in [0.2, 0.25) is 29.2 Å². The fourth-order valence-corrected chi connectivity index (χ4v) is 15.9. The average Bonchev–Trinajstić information content (AvgIpc) is 1.59. The first-order chi connectivity index (χ1) is 51.6. The Labute approximate surface area is 637 Å². The van der Waals surface area contributed by atoms with E-state index >= 15 is 0 Å². The number of amides is 5. The molecule has 4 aromatic carbocycles. The molecule has 35 heteroatoms. The van der Waals surface area contributed by atoms with Crippen LogP contribution in [0.5, 0.6) is 17.2 Å². The number of ether oxygens (including phenoxy) is 3. The highest BCUT2D eigenvalue weighted by Gasteiger charge is 2.52. The molecule has 1 aromatic heterocycles. The third-order valence-corrected chi connectivity index (χ3v) is 22.8. The summed E-state index contributed by atoms with van der Waals surface area (Å²) in [4.78, 5) is 85.5. The zero-order valence-electron chi connectivity index (χ0n) is 61.5. The second-order valence-electron chi connectivity index (χ2n) is 28.1. The van der Waals surface area contributed by atoms with E-state index in [-0.39, 0.29) is 79.5 Å². The molecule has 110 heavy (non-hydrogen) atoms. The lowest BCUT2D eigenvalue weighted by Crippen LogP contribution is -2.52. The van der Waals surface area contributed by atoms with E-state index in [0.717, 1.165) is 16.7 Å². The number of rotatable bonds is 34. The number of alkyl halides is 2. The first-order valence-electron chi connectivity index (χ1n) is 35.2. The topological polar surface area (TPSA) is 418 Å².